The molecule has 3 aliphatic rings. The fourth-order valence-electron chi connectivity index (χ4n) is 6.03. The van der Waals surface area contributed by atoms with Gasteiger partial charge in [0.2, 0.25) is 0 Å². The predicted octanol–water partition coefficient (Wildman–Crippen LogP) is 6.34. The van der Waals surface area contributed by atoms with Crippen LogP contribution in [0.25, 0.3) is 16.6 Å². The van der Waals surface area contributed by atoms with Gasteiger partial charge in [-0.3, -0.25) is 4.90 Å². The third-order valence-electron chi connectivity index (χ3n) is 8.43. The number of benzene rings is 3. The Morgan fingerprint density at radius 1 is 1.19 bits per heavy atom. The van der Waals surface area contributed by atoms with Crippen LogP contribution in [0.3, 0.4) is 0 Å². The van der Waals surface area contributed by atoms with Crippen LogP contribution in [0.5, 0.6) is 11.5 Å². The van der Waals surface area contributed by atoms with Crippen LogP contribution in [0.2, 0.25) is 5.02 Å². The van der Waals surface area contributed by atoms with Crippen molar-refractivity contribution in [2.75, 3.05) is 26.8 Å². The van der Waals surface area contributed by atoms with Crippen molar-refractivity contribution >= 4 is 34.2 Å². The van der Waals surface area contributed by atoms with E-state index in [0.717, 1.165) is 67.1 Å². The SMILES string of the molecule is COC(=O)c1ccc2c(c1)nc(CN1CC=C(c3cccc4c3OC(C)(c3ccc(Cl)cc3F)O4)CC1)n2C[C@@H]1CCO1. The Labute approximate surface area is 253 Å². The van der Waals surface area contributed by atoms with E-state index in [2.05, 4.69) is 15.5 Å². The average molecular weight is 604 g/mol. The van der Waals surface area contributed by atoms with Crippen molar-refractivity contribution in [3.8, 4) is 11.5 Å². The molecule has 8 nitrogen and oxygen atoms in total. The number of aromatic nitrogens is 2. The minimum Gasteiger partial charge on any atom is -0.465 e. The van der Waals surface area contributed by atoms with Crippen molar-refractivity contribution < 1.29 is 28.1 Å². The molecule has 1 unspecified atom stereocenters. The summed E-state index contributed by atoms with van der Waals surface area (Å²) in [5, 5.41) is 0.316. The number of halogens is 2. The predicted molar refractivity (Wildman–Crippen MR) is 160 cm³/mol. The quantitative estimate of drug-likeness (QED) is 0.228. The highest BCUT2D eigenvalue weighted by atomic mass is 35.5. The lowest BCUT2D eigenvalue weighted by atomic mass is 9.98. The van der Waals surface area contributed by atoms with Gasteiger partial charge in [0.1, 0.15) is 11.6 Å². The molecule has 4 heterocycles. The maximum atomic E-state index is 14.8. The number of nitrogens with zero attached hydrogens (tertiary/aromatic N) is 3. The summed E-state index contributed by atoms with van der Waals surface area (Å²) in [6, 6.07) is 15.8. The van der Waals surface area contributed by atoms with Gasteiger partial charge in [-0.05, 0) is 60.9 Å². The van der Waals surface area contributed by atoms with E-state index in [1.807, 2.05) is 24.3 Å². The normalized spacial score (nSPS) is 21.5. The Bertz CT molecular complexity index is 1770. The second kappa shape index (κ2) is 11.0. The Kier molecular flexibility index (Phi) is 7.12. The largest absolute Gasteiger partial charge is 0.465 e. The number of para-hydroxylation sites is 1. The first kappa shape index (κ1) is 27.9. The summed E-state index contributed by atoms with van der Waals surface area (Å²) >= 11 is 5.97. The van der Waals surface area contributed by atoms with Crippen LogP contribution in [0.15, 0.2) is 60.7 Å². The van der Waals surface area contributed by atoms with Gasteiger partial charge in [-0.15, -0.1) is 0 Å². The van der Waals surface area contributed by atoms with Crippen molar-refractivity contribution in [1.82, 2.24) is 14.5 Å². The molecule has 1 aromatic heterocycles. The van der Waals surface area contributed by atoms with Crippen molar-refractivity contribution in [2.24, 2.45) is 0 Å². The van der Waals surface area contributed by atoms with Crippen LogP contribution >= 0.6 is 11.6 Å². The van der Waals surface area contributed by atoms with Crippen LogP contribution in [0, 0.1) is 5.82 Å². The van der Waals surface area contributed by atoms with Gasteiger partial charge >= 0.3 is 5.97 Å². The third-order valence-corrected chi connectivity index (χ3v) is 8.67. The van der Waals surface area contributed by atoms with E-state index < -0.39 is 11.6 Å². The van der Waals surface area contributed by atoms with Crippen LogP contribution in [-0.4, -0.2) is 53.3 Å². The van der Waals surface area contributed by atoms with Gasteiger partial charge in [-0.1, -0.05) is 29.8 Å². The molecule has 1 fully saturated rings. The number of hydrogen-bond acceptors (Lipinski definition) is 7. The summed E-state index contributed by atoms with van der Waals surface area (Å²) in [5.74, 6) is -0.0328. The molecule has 0 aliphatic carbocycles. The molecular weight excluding hydrogens is 573 g/mol. The zero-order valence-corrected chi connectivity index (χ0v) is 24.7. The molecule has 7 rings (SSSR count). The monoisotopic (exact) mass is 603 g/mol. The number of rotatable bonds is 7. The Balaban J connectivity index is 1.12. The van der Waals surface area contributed by atoms with Crippen LogP contribution in [-0.2, 0) is 28.4 Å². The summed E-state index contributed by atoms with van der Waals surface area (Å²) in [7, 11) is 1.38. The van der Waals surface area contributed by atoms with Gasteiger partial charge in [0.25, 0.3) is 5.79 Å². The molecule has 0 saturated carbocycles. The highest BCUT2D eigenvalue weighted by Gasteiger charge is 2.42. The summed E-state index contributed by atoms with van der Waals surface area (Å²) in [5.41, 5.74) is 4.60. The minimum absolute atomic E-state index is 0.165. The second-order valence-electron chi connectivity index (χ2n) is 11.2. The lowest BCUT2D eigenvalue weighted by Crippen LogP contribution is -2.33. The Morgan fingerprint density at radius 2 is 2.05 bits per heavy atom. The smallest absolute Gasteiger partial charge is 0.337 e. The van der Waals surface area contributed by atoms with Crippen molar-refractivity contribution in [3.63, 3.8) is 0 Å². The van der Waals surface area contributed by atoms with Gasteiger partial charge in [-0.25, -0.2) is 14.2 Å². The topological polar surface area (TPSA) is 75.0 Å². The molecule has 1 saturated heterocycles. The number of esters is 1. The van der Waals surface area contributed by atoms with E-state index in [4.69, 9.17) is 35.5 Å². The molecule has 0 radical (unpaired) electrons. The molecule has 0 bridgehead atoms. The molecular formula is C33H31ClFN3O5. The van der Waals surface area contributed by atoms with E-state index in [1.54, 1.807) is 31.2 Å². The molecule has 4 aromatic rings. The Morgan fingerprint density at radius 3 is 2.77 bits per heavy atom. The number of carbonyl (C=O) groups is 1. The van der Waals surface area contributed by atoms with E-state index in [1.165, 1.54) is 13.2 Å². The summed E-state index contributed by atoms with van der Waals surface area (Å²) < 4.78 is 40.2. The van der Waals surface area contributed by atoms with E-state index >= 15 is 0 Å². The first-order valence-corrected chi connectivity index (χ1v) is 14.8. The fraction of sp³-hybridized carbons (Fsp3) is 0.333. The van der Waals surface area contributed by atoms with Gasteiger partial charge in [0.05, 0.1) is 48.5 Å². The molecule has 43 heavy (non-hydrogen) atoms. The maximum Gasteiger partial charge on any atom is 0.337 e. The van der Waals surface area contributed by atoms with Crippen molar-refractivity contribution in [3.05, 3.63) is 94.0 Å². The molecule has 0 spiro atoms. The van der Waals surface area contributed by atoms with Gasteiger partial charge < -0.3 is 23.5 Å². The standard InChI is InChI=1S/C33H31ClFN3O5/c1-33(25-8-7-22(34)17-26(25)35)42-29-5-3-4-24(31(29)43-33)20-10-13-37(14-11-20)19-30-36-27-16-21(32(39)40-2)6-9-28(27)38(30)18-23-12-15-41-23/h3-10,16-17,23H,11-15,18-19H2,1-2H3/t23-,33?/m0/s1. The minimum atomic E-state index is -1.30. The zero-order chi connectivity index (χ0) is 29.7. The second-order valence-corrected chi connectivity index (χ2v) is 11.7. The molecule has 0 amide bonds. The molecule has 10 heteroatoms. The van der Waals surface area contributed by atoms with Crippen molar-refractivity contribution in [1.29, 1.82) is 0 Å². The van der Waals surface area contributed by atoms with Gasteiger partial charge in [0.15, 0.2) is 11.5 Å². The molecule has 0 N–H and O–H groups in total. The van der Waals surface area contributed by atoms with Crippen LogP contribution in [0.4, 0.5) is 4.39 Å². The number of fused-ring (bicyclic) bond motifs is 2. The number of methoxy groups -OCH3 is 1. The lowest BCUT2D eigenvalue weighted by molar-refractivity contribution is -0.0708. The van der Waals surface area contributed by atoms with Crippen LogP contribution < -0.4 is 9.47 Å². The fourth-order valence-corrected chi connectivity index (χ4v) is 6.19. The molecule has 3 aromatic carbocycles. The molecule has 222 valence electrons. The highest BCUT2D eigenvalue weighted by Crippen LogP contribution is 2.49. The van der Waals surface area contributed by atoms with E-state index in [9.17, 15) is 9.18 Å². The van der Waals surface area contributed by atoms with Gasteiger partial charge in [0, 0.05) is 37.2 Å². The lowest BCUT2D eigenvalue weighted by Gasteiger charge is -2.29. The summed E-state index contributed by atoms with van der Waals surface area (Å²) in [6.45, 7) is 5.41. The summed E-state index contributed by atoms with van der Waals surface area (Å²) in [6.07, 6.45) is 4.19. The number of imidazole rings is 1. The average Bonchev–Trinajstić information content (AvgIpc) is 3.50. The van der Waals surface area contributed by atoms with E-state index in [0.29, 0.717) is 28.6 Å². The number of hydrogen-bond donors (Lipinski definition) is 0. The highest BCUT2D eigenvalue weighted by molar-refractivity contribution is 6.30. The summed E-state index contributed by atoms with van der Waals surface area (Å²) in [4.78, 5) is 19.4. The van der Waals surface area contributed by atoms with Crippen LogP contribution in [0.1, 0.15) is 47.1 Å². The van der Waals surface area contributed by atoms with Gasteiger partial charge in [-0.2, -0.15) is 0 Å². The first-order chi connectivity index (χ1) is 20.8. The third kappa shape index (κ3) is 5.15. The zero-order valence-electron chi connectivity index (χ0n) is 23.9. The molecule has 3 aliphatic heterocycles. The first-order valence-electron chi connectivity index (χ1n) is 14.4. The Hall–Kier alpha value is -3.92. The molecule has 2 atom stereocenters. The number of ether oxygens (including phenoxy) is 4. The maximum absolute atomic E-state index is 14.8. The van der Waals surface area contributed by atoms with Crippen molar-refractivity contribution in [2.45, 2.75) is 44.7 Å². The number of carbonyl (C=O) groups excluding carboxylic acids is 1. The van der Waals surface area contributed by atoms with E-state index in [-0.39, 0.29) is 17.6 Å².